The van der Waals surface area contributed by atoms with Gasteiger partial charge in [-0.25, -0.2) is 0 Å². The van der Waals surface area contributed by atoms with Crippen molar-refractivity contribution in [3.63, 3.8) is 0 Å². The second kappa shape index (κ2) is 12.9. The fraction of sp³-hybridized carbons (Fsp3) is 0.516. The second-order valence-electron chi connectivity index (χ2n) is 10.7. The number of rotatable bonds is 12. The summed E-state index contributed by atoms with van der Waals surface area (Å²) in [5.41, 5.74) is 8.94. The zero-order chi connectivity index (χ0) is 25.3. The summed E-state index contributed by atoms with van der Waals surface area (Å²) in [6.07, 6.45) is 11.4. The number of unbranched alkanes of at least 4 members (excludes halogenated alkanes) is 3. The number of nitrogens with two attached hydrogens (primary N) is 1. The molecule has 1 saturated carbocycles. The van der Waals surface area contributed by atoms with Crippen molar-refractivity contribution in [1.29, 1.82) is 0 Å². The number of carbonyl (C=O) groups excluding carboxylic acids is 1. The quantitative estimate of drug-likeness (QED) is 0.261. The minimum absolute atomic E-state index is 0.0501. The molecule has 0 spiro atoms. The summed E-state index contributed by atoms with van der Waals surface area (Å²) in [7, 11) is 0. The highest BCUT2D eigenvalue weighted by Crippen LogP contribution is 2.44. The molecule has 0 radical (unpaired) electrons. The monoisotopic (exact) mass is 477 g/mol. The van der Waals surface area contributed by atoms with Crippen molar-refractivity contribution in [2.45, 2.75) is 96.2 Å². The van der Waals surface area contributed by atoms with Crippen molar-refractivity contribution in [1.82, 2.24) is 0 Å². The van der Waals surface area contributed by atoms with Crippen molar-refractivity contribution in [3.8, 4) is 5.75 Å². The van der Waals surface area contributed by atoms with Crippen molar-refractivity contribution in [2.24, 2.45) is 11.7 Å². The molecule has 0 aliphatic heterocycles. The van der Waals surface area contributed by atoms with E-state index in [-0.39, 0.29) is 23.4 Å². The zero-order valence-electron chi connectivity index (χ0n) is 21.7. The molecule has 0 aromatic heterocycles. The van der Waals surface area contributed by atoms with E-state index in [4.69, 9.17) is 10.5 Å². The minimum Gasteiger partial charge on any atom is -0.489 e. The third-order valence-electron chi connectivity index (χ3n) is 7.47. The van der Waals surface area contributed by atoms with E-state index in [1.165, 1.54) is 37.3 Å². The Morgan fingerprint density at radius 1 is 1.11 bits per heavy atom. The molecule has 3 N–H and O–H groups in total. The van der Waals surface area contributed by atoms with Crippen LogP contribution >= 0.6 is 0 Å². The molecule has 0 heterocycles. The summed E-state index contributed by atoms with van der Waals surface area (Å²) in [6.45, 7) is 7.37. The first-order chi connectivity index (χ1) is 16.8. The molecular weight excluding hydrogens is 434 g/mol. The maximum Gasteiger partial charge on any atom is 0.241 e. The van der Waals surface area contributed by atoms with Crippen molar-refractivity contribution < 1.29 is 14.6 Å². The van der Waals surface area contributed by atoms with Gasteiger partial charge >= 0.3 is 0 Å². The molecule has 2 aromatic carbocycles. The maximum absolute atomic E-state index is 11.4. The fourth-order valence-electron chi connectivity index (χ4n) is 5.24. The summed E-state index contributed by atoms with van der Waals surface area (Å²) >= 11 is 0. The van der Waals surface area contributed by atoms with Crippen molar-refractivity contribution in [3.05, 3.63) is 77.4 Å². The number of allylic oxidation sites excluding steroid dienone is 1. The molecular formula is C31H43NO3. The first kappa shape index (κ1) is 27.0. The molecule has 0 unspecified atom stereocenters. The van der Waals surface area contributed by atoms with Crippen LogP contribution in [0.4, 0.5) is 0 Å². The molecule has 0 bridgehead atoms. The summed E-state index contributed by atoms with van der Waals surface area (Å²) in [6, 6.07) is 16.9. The molecule has 1 aliphatic carbocycles. The SMILES string of the molecule is CCCCCCC(C)(C)c1ccc([C@@H]2C[C@H](O)CC[C@H]2C=CC(N)=O)c(OCc2ccccc2)c1. The third kappa shape index (κ3) is 7.96. The Kier molecular flexibility index (Phi) is 9.97. The van der Waals surface area contributed by atoms with Crippen LogP contribution in [0.1, 0.15) is 94.7 Å². The molecule has 4 nitrogen and oxygen atoms in total. The van der Waals surface area contributed by atoms with Gasteiger partial charge in [0.05, 0.1) is 6.10 Å². The molecule has 3 atom stereocenters. The Morgan fingerprint density at radius 2 is 1.89 bits per heavy atom. The largest absolute Gasteiger partial charge is 0.489 e. The number of ether oxygens (including phenoxy) is 1. The van der Waals surface area contributed by atoms with Gasteiger partial charge in [-0.1, -0.05) is 95.0 Å². The predicted octanol–water partition coefficient (Wildman–Crippen LogP) is 6.80. The van der Waals surface area contributed by atoms with E-state index in [9.17, 15) is 9.90 Å². The normalized spacial score (nSPS) is 20.7. The molecule has 4 heteroatoms. The van der Waals surface area contributed by atoms with Crippen LogP contribution in [0.5, 0.6) is 5.75 Å². The van der Waals surface area contributed by atoms with Crippen LogP contribution in [-0.2, 0) is 16.8 Å². The van der Waals surface area contributed by atoms with Crippen molar-refractivity contribution in [2.75, 3.05) is 0 Å². The highest BCUT2D eigenvalue weighted by Gasteiger charge is 2.32. The highest BCUT2D eigenvalue weighted by molar-refractivity contribution is 5.85. The van der Waals surface area contributed by atoms with Gasteiger partial charge in [-0.3, -0.25) is 4.79 Å². The van der Waals surface area contributed by atoms with Gasteiger partial charge < -0.3 is 15.6 Å². The summed E-state index contributed by atoms with van der Waals surface area (Å²) in [5.74, 6) is 0.653. The number of hydrogen-bond donors (Lipinski definition) is 2. The van der Waals surface area contributed by atoms with Crippen LogP contribution in [0, 0.1) is 5.92 Å². The van der Waals surface area contributed by atoms with E-state index in [1.54, 1.807) is 0 Å². The first-order valence-corrected chi connectivity index (χ1v) is 13.3. The minimum atomic E-state index is -0.435. The van der Waals surface area contributed by atoms with E-state index < -0.39 is 5.91 Å². The lowest BCUT2D eigenvalue weighted by Crippen LogP contribution is -2.26. The molecule has 3 rings (SSSR count). The second-order valence-corrected chi connectivity index (χ2v) is 10.7. The molecule has 1 fully saturated rings. The Morgan fingerprint density at radius 3 is 2.60 bits per heavy atom. The summed E-state index contributed by atoms with van der Waals surface area (Å²) < 4.78 is 6.47. The van der Waals surface area contributed by atoms with Crippen LogP contribution < -0.4 is 10.5 Å². The Hall–Kier alpha value is -2.59. The highest BCUT2D eigenvalue weighted by atomic mass is 16.5. The Balaban J connectivity index is 1.92. The fourth-order valence-corrected chi connectivity index (χ4v) is 5.24. The van der Waals surface area contributed by atoms with Gasteiger partial charge in [0.15, 0.2) is 0 Å². The van der Waals surface area contributed by atoms with Gasteiger partial charge in [0.2, 0.25) is 5.91 Å². The molecule has 190 valence electrons. The average Bonchev–Trinajstić information content (AvgIpc) is 2.85. The van der Waals surface area contributed by atoms with Crippen LogP contribution in [0.3, 0.4) is 0 Å². The number of hydrogen-bond acceptors (Lipinski definition) is 3. The lowest BCUT2D eigenvalue weighted by molar-refractivity contribution is -0.113. The van der Waals surface area contributed by atoms with E-state index in [0.717, 1.165) is 36.1 Å². The molecule has 0 saturated heterocycles. The number of benzene rings is 2. The van der Waals surface area contributed by atoms with E-state index in [0.29, 0.717) is 13.0 Å². The zero-order valence-corrected chi connectivity index (χ0v) is 21.7. The van der Waals surface area contributed by atoms with E-state index in [1.807, 2.05) is 24.3 Å². The van der Waals surface area contributed by atoms with Crippen LogP contribution in [0.25, 0.3) is 0 Å². The van der Waals surface area contributed by atoms with Gasteiger partial charge in [-0.2, -0.15) is 0 Å². The number of primary amides is 1. The summed E-state index contributed by atoms with van der Waals surface area (Å²) in [4.78, 5) is 11.4. The number of aliphatic hydroxyl groups is 1. The predicted molar refractivity (Wildman–Crippen MR) is 143 cm³/mol. The molecule has 35 heavy (non-hydrogen) atoms. The third-order valence-corrected chi connectivity index (χ3v) is 7.47. The smallest absolute Gasteiger partial charge is 0.241 e. The number of carbonyl (C=O) groups is 1. The van der Waals surface area contributed by atoms with Gasteiger partial charge in [0.25, 0.3) is 0 Å². The van der Waals surface area contributed by atoms with Gasteiger partial charge in [-0.05, 0) is 71.8 Å². The maximum atomic E-state index is 11.4. The van der Waals surface area contributed by atoms with E-state index >= 15 is 0 Å². The number of amides is 1. The van der Waals surface area contributed by atoms with Crippen LogP contribution in [0.2, 0.25) is 0 Å². The van der Waals surface area contributed by atoms with Crippen LogP contribution in [-0.4, -0.2) is 17.1 Å². The topological polar surface area (TPSA) is 72.5 Å². The Bertz CT molecular complexity index is 966. The van der Waals surface area contributed by atoms with Gasteiger partial charge in [0, 0.05) is 0 Å². The Labute approximate surface area is 211 Å². The van der Waals surface area contributed by atoms with E-state index in [2.05, 4.69) is 51.1 Å². The average molecular weight is 478 g/mol. The van der Waals surface area contributed by atoms with Gasteiger partial charge in [0.1, 0.15) is 12.4 Å². The molecule has 2 aromatic rings. The van der Waals surface area contributed by atoms with Gasteiger partial charge in [-0.15, -0.1) is 0 Å². The molecule has 1 amide bonds. The lowest BCUT2D eigenvalue weighted by Gasteiger charge is -2.34. The first-order valence-electron chi connectivity index (χ1n) is 13.3. The van der Waals surface area contributed by atoms with Crippen molar-refractivity contribution >= 4 is 5.91 Å². The summed E-state index contributed by atoms with van der Waals surface area (Å²) in [5, 5.41) is 10.5. The molecule has 1 aliphatic rings. The number of aliphatic hydroxyl groups excluding tert-OH is 1. The lowest BCUT2D eigenvalue weighted by atomic mass is 9.72. The standard InChI is InChI=1S/C31H43NO3/c1-4-5-6-10-19-31(2,3)25-15-17-27(29(20-25)35-22-23-11-8-7-9-12-23)28-21-26(33)16-13-24(28)14-18-30(32)34/h7-9,11-12,14-15,17-18,20,24,26,28,33H,4-6,10,13,16,19,21-22H2,1-3H3,(H2,32,34)/t24-,26+,28+/m0/s1. The van der Waals surface area contributed by atoms with Crippen LogP contribution in [0.15, 0.2) is 60.7 Å².